The minimum Gasteiger partial charge on any atom is -0.508 e. The second-order valence-corrected chi connectivity index (χ2v) is 27.3. The number of amides is 7. The molecule has 2 saturated heterocycles. The van der Waals surface area contributed by atoms with Gasteiger partial charge in [-0.1, -0.05) is 67.4 Å². The predicted octanol–water partition coefficient (Wildman–Crippen LogP) is -0.297. The van der Waals surface area contributed by atoms with E-state index in [1.165, 1.54) is 69.4 Å². The van der Waals surface area contributed by atoms with Crippen LogP contribution in [0.2, 0.25) is 10.0 Å². The third-order valence-corrected chi connectivity index (χ3v) is 19.3. The average molecular weight is 1450 g/mol. The van der Waals surface area contributed by atoms with Crippen molar-refractivity contribution in [1.29, 1.82) is 0 Å². The first kappa shape index (κ1) is 74.9. The normalized spacial score (nSPS) is 29.6. The van der Waals surface area contributed by atoms with Gasteiger partial charge in [-0.2, -0.15) is 0 Å². The van der Waals surface area contributed by atoms with Gasteiger partial charge in [-0.05, 0) is 120 Å². The number of benzene rings is 5. The van der Waals surface area contributed by atoms with Crippen molar-refractivity contribution >= 4 is 70.5 Å². The van der Waals surface area contributed by atoms with Crippen LogP contribution in [0.5, 0.6) is 23.0 Å². The van der Waals surface area contributed by atoms with E-state index in [1.54, 1.807) is 0 Å². The van der Waals surface area contributed by atoms with Crippen LogP contribution in [0.15, 0.2) is 78.9 Å². The largest absolute Gasteiger partial charge is 0.508 e. The van der Waals surface area contributed by atoms with Gasteiger partial charge in [0.15, 0.2) is 18.4 Å². The molecular weight excluding hydrogens is 1370 g/mol. The molecule has 31 nitrogen and oxygen atoms in total. The van der Waals surface area contributed by atoms with E-state index in [2.05, 4.69) is 37.2 Å². The number of halogens is 2. The quantitative estimate of drug-likeness (QED) is 0.0720. The fourth-order valence-electron chi connectivity index (χ4n) is 13.2. The van der Waals surface area contributed by atoms with E-state index in [4.69, 9.17) is 53.6 Å². The lowest BCUT2D eigenvalue weighted by molar-refractivity contribution is -0.333. The molecule has 0 radical (unpaired) electrons. The maximum Gasteiger partial charge on any atom is 0.330 e. The number of phenols is 3. The van der Waals surface area contributed by atoms with Gasteiger partial charge in [-0.3, -0.25) is 33.6 Å². The van der Waals surface area contributed by atoms with Crippen molar-refractivity contribution in [3.63, 3.8) is 0 Å². The number of nitrogens with one attached hydrogen (secondary N) is 7. The number of carboxylic acids is 1. The van der Waals surface area contributed by atoms with Crippen molar-refractivity contribution in [2.24, 2.45) is 17.4 Å². The van der Waals surface area contributed by atoms with E-state index in [9.17, 15) is 75.0 Å². The molecule has 5 aromatic carbocycles. The molecule has 7 aliphatic rings. The number of hydrogen-bond donors (Lipinski definition) is 19. The molecule has 0 spiro atoms. The highest BCUT2D eigenvalue weighted by Gasteiger charge is 2.51. The zero-order valence-electron chi connectivity index (χ0n) is 54.9. The highest BCUT2D eigenvalue weighted by molar-refractivity contribution is 6.31. The van der Waals surface area contributed by atoms with Crippen molar-refractivity contribution in [3.05, 3.63) is 139 Å². The molecule has 11 bridgehead atoms. The zero-order chi connectivity index (χ0) is 73.5. The average Bonchev–Trinajstić information content (AvgIpc) is 0.775. The van der Waals surface area contributed by atoms with Crippen LogP contribution in [0.3, 0.4) is 0 Å². The molecule has 2 fully saturated rings. The van der Waals surface area contributed by atoms with Crippen molar-refractivity contribution in [1.82, 2.24) is 37.2 Å². The molecule has 7 aliphatic heterocycles. The van der Waals surface area contributed by atoms with Gasteiger partial charge >= 0.3 is 5.97 Å². The molecule has 7 amide bonds. The summed E-state index contributed by atoms with van der Waals surface area (Å²) in [7, 11) is 1.49. The van der Waals surface area contributed by atoms with Crippen LogP contribution in [0.4, 0.5) is 0 Å². The Morgan fingerprint density at radius 3 is 1.90 bits per heavy atom. The Bertz CT molecular complexity index is 4070. The first-order valence-electron chi connectivity index (χ1n) is 32.2. The van der Waals surface area contributed by atoms with E-state index >= 15 is 14.4 Å². The summed E-state index contributed by atoms with van der Waals surface area (Å²) in [5.74, 6) is -13.0. The van der Waals surface area contributed by atoms with Crippen LogP contribution in [0.1, 0.15) is 127 Å². The lowest BCUT2D eigenvalue weighted by Gasteiger charge is -2.47. The van der Waals surface area contributed by atoms with Gasteiger partial charge < -0.3 is 119 Å². The number of aliphatic hydroxyl groups is 6. The summed E-state index contributed by atoms with van der Waals surface area (Å²) in [5.41, 5.74) is 9.09. The summed E-state index contributed by atoms with van der Waals surface area (Å²) in [5, 5.41) is 132. The molecule has 21 N–H and O–H groups in total. The Balaban J connectivity index is 1.24. The molecule has 9 unspecified atom stereocenters. The fraction of sp³-hybridized carbons (Fsp3) is 0.441. The molecule has 18 atom stereocenters. The van der Waals surface area contributed by atoms with Crippen LogP contribution in [0.25, 0.3) is 11.1 Å². The number of likely N-dealkylation sites (N-methyl/N-ethyl adjacent to an activating group) is 1. The van der Waals surface area contributed by atoms with Gasteiger partial charge in [0.1, 0.15) is 83.7 Å². The number of carboxylic acid groups (broad SMARTS) is 1. The van der Waals surface area contributed by atoms with Crippen molar-refractivity contribution in [3.8, 4) is 34.1 Å². The first-order chi connectivity index (χ1) is 47.7. The molecular formula is C68H79Cl2N9O22. The minimum absolute atomic E-state index is 0.00109. The monoisotopic (exact) mass is 1440 g/mol. The smallest absolute Gasteiger partial charge is 0.330 e. The number of primary amides is 1. The van der Waals surface area contributed by atoms with Crippen molar-refractivity contribution in [2.45, 2.75) is 169 Å². The molecule has 12 rings (SSSR count). The molecule has 542 valence electrons. The van der Waals surface area contributed by atoms with Crippen molar-refractivity contribution < 1.29 is 108 Å². The third kappa shape index (κ3) is 16.0. The number of carbonyl (C=O) groups excluding carboxylic acids is 7. The number of aromatic hydroxyl groups is 3. The molecule has 33 heteroatoms. The Hall–Kier alpha value is -8.80. The Morgan fingerprint density at radius 2 is 1.32 bits per heavy atom. The number of carbonyl (C=O) groups is 8. The number of hydrogen-bond acceptors (Lipinski definition) is 23. The fourth-order valence-corrected chi connectivity index (χ4v) is 13.7. The summed E-state index contributed by atoms with van der Waals surface area (Å²) in [6, 6.07) is 1.69. The van der Waals surface area contributed by atoms with Crippen LogP contribution in [-0.4, -0.2) is 191 Å². The minimum atomic E-state index is -2.24. The SMILES string of the molecule is CN[C@H](CC(C)C)C(=O)NC1C(=O)N[C@@H](CC(N)=O)C(=O)N[C@H]2C(=O)N[C@H]3C(=O)NC(C(=O)NC(C(=O)O)c4cc(O)cc(O)c4-c4cc3ccc4O)[C@H](O)c3ccc(c(Cl)c3)Cc3cc2cc(c3O[C@H]2OC(CO)[C@@H](O)[C@H](O)C2OC2CC(C)(N)C(O)C(C)O2)Cc2ccc(cc2Cl)[C@H]1O. The van der Waals surface area contributed by atoms with Gasteiger partial charge in [0.25, 0.3) is 0 Å². The second-order valence-electron chi connectivity index (χ2n) is 26.5. The van der Waals surface area contributed by atoms with Gasteiger partial charge in [0, 0.05) is 57.6 Å². The topological polar surface area (TPSA) is 512 Å². The van der Waals surface area contributed by atoms with E-state index in [0.717, 1.165) is 30.3 Å². The molecule has 5 aromatic rings. The molecule has 0 aliphatic carbocycles. The maximum atomic E-state index is 16.1. The summed E-state index contributed by atoms with van der Waals surface area (Å²) >= 11 is 14.4. The van der Waals surface area contributed by atoms with Gasteiger partial charge in [0.2, 0.25) is 47.6 Å². The Morgan fingerprint density at radius 1 is 0.713 bits per heavy atom. The summed E-state index contributed by atoms with van der Waals surface area (Å²) in [4.78, 5) is 117. The Labute approximate surface area is 586 Å². The first-order valence-corrected chi connectivity index (χ1v) is 33.0. The zero-order valence-corrected chi connectivity index (χ0v) is 56.4. The number of aliphatic carboxylic acids is 1. The lowest BCUT2D eigenvalue weighted by atomic mass is 9.86. The lowest BCUT2D eigenvalue weighted by Crippen LogP contribution is -2.64. The summed E-state index contributed by atoms with van der Waals surface area (Å²) in [6.45, 7) is 5.83. The summed E-state index contributed by atoms with van der Waals surface area (Å²) < 4.78 is 25.6. The van der Waals surface area contributed by atoms with E-state index in [0.29, 0.717) is 0 Å². The summed E-state index contributed by atoms with van der Waals surface area (Å²) in [6.07, 6.45) is -18.4. The second kappa shape index (κ2) is 30.4. The number of ether oxygens (including phenoxy) is 4. The highest BCUT2D eigenvalue weighted by Crippen LogP contribution is 2.46. The van der Waals surface area contributed by atoms with Crippen LogP contribution < -0.4 is 53.4 Å². The van der Waals surface area contributed by atoms with Crippen molar-refractivity contribution in [2.75, 3.05) is 13.7 Å². The number of phenolic OH excluding ortho intramolecular Hbond substituents is 3. The van der Waals surface area contributed by atoms with Crippen LogP contribution in [-0.2, 0) is 65.4 Å². The third-order valence-electron chi connectivity index (χ3n) is 18.6. The standard InChI is InChI=1S/C68H79Cl2N9O22/c1-25(2)12-40(73-5)60(90)78-51-53(85)30-8-6-27(38(69)18-30)13-33-15-32-16-34(57(33)101-67-58(56(88)55(87)44(24-80)99-67)100-46-23-68(4,72)59(89)26(3)98-46)14-28-7-9-31(19-39(28)70)54(86)52-65(95)77-50(66(96)97)37-20-35(81)21-43(83)47(37)36-17-29(10-11-42(36)82)48(62(92)79-52)76-63(93)49(32)75-61(91)41(22-45(71)84)74-64(51)94/h6-11,15-21,25-26,40-41,44,46,48-56,58-59,67,73,80-83,85-89H,12-14,22-24,72H2,1-5H3,(H2,71,84)(H,74,94)(H,75,91)(H,76,93)(H,77,95)(H,78,90)(H,79,92)(H,96,97)/t26?,40-,41+,44?,46?,48-,49-,50?,51?,52?,53-,54-,55-,56+,58?,59?,67-,68?/m1/s1. The number of fused-ring (bicyclic) bond motifs is 15. The number of aliphatic hydroxyl groups excluding tert-OH is 6. The van der Waals surface area contributed by atoms with E-state index in [1.807, 2.05) is 13.8 Å². The van der Waals surface area contributed by atoms with E-state index < -0.39 is 210 Å². The molecule has 7 heterocycles. The number of nitrogens with two attached hydrogens (primary N) is 2. The molecule has 101 heavy (non-hydrogen) atoms. The van der Waals surface area contributed by atoms with Gasteiger partial charge in [-0.15, -0.1) is 0 Å². The van der Waals surface area contributed by atoms with Crippen LogP contribution in [0, 0.1) is 5.92 Å². The molecule has 0 aromatic heterocycles. The maximum absolute atomic E-state index is 16.1. The van der Waals surface area contributed by atoms with Gasteiger partial charge in [0.05, 0.1) is 31.3 Å². The van der Waals surface area contributed by atoms with E-state index in [-0.39, 0.29) is 85.5 Å². The number of rotatable bonds is 13. The highest BCUT2D eigenvalue weighted by atomic mass is 35.5. The molecule has 0 saturated carbocycles. The predicted molar refractivity (Wildman–Crippen MR) is 355 cm³/mol. The van der Waals surface area contributed by atoms with Crippen LogP contribution >= 0.6 is 23.2 Å². The van der Waals surface area contributed by atoms with Gasteiger partial charge in [-0.25, -0.2) is 4.79 Å². The Kier molecular flexibility index (Phi) is 22.5.